The highest BCUT2D eigenvalue weighted by molar-refractivity contribution is 5.44. The predicted octanol–water partition coefficient (Wildman–Crippen LogP) is 2.75. The van der Waals surface area contributed by atoms with Crippen LogP contribution in [-0.2, 0) is 0 Å². The van der Waals surface area contributed by atoms with Crippen LogP contribution in [0.2, 0.25) is 0 Å². The van der Waals surface area contributed by atoms with Gasteiger partial charge >= 0.3 is 0 Å². The topological polar surface area (TPSA) is 41.9 Å². The summed E-state index contributed by atoms with van der Waals surface area (Å²) >= 11 is 0. The molecule has 2 bridgehead atoms. The highest BCUT2D eigenvalue weighted by atomic mass is 16.6. The molecule has 4 heteroatoms. The molecule has 120 valence electrons. The molecule has 22 heavy (non-hydrogen) atoms. The van der Waals surface area contributed by atoms with E-state index in [0.717, 1.165) is 35.7 Å². The van der Waals surface area contributed by atoms with Crippen molar-refractivity contribution in [2.24, 2.45) is 5.92 Å². The molecule has 2 atom stereocenters. The Morgan fingerprint density at radius 3 is 2.41 bits per heavy atom. The Labute approximate surface area is 132 Å². The smallest absolute Gasteiger partial charge is 0.161 e. The minimum absolute atomic E-state index is 0.226. The monoisotopic (exact) mass is 303 g/mol. The number of nitrogens with zero attached hydrogens (tertiary/aromatic N) is 1. The molecule has 0 spiro atoms. The Hall–Kier alpha value is -1.26. The highest BCUT2D eigenvalue weighted by Gasteiger charge is 2.40. The van der Waals surface area contributed by atoms with Crippen LogP contribution in [0.15, 0.2) is 18.2 Å². The molecule has 1 N–H and O–H groups in total. The molecule has 1 aromatic rings. The lowest BCUT2D eigenvalue weighted by Gasteiger charge is -2.29. The maximum absolute atomic E-state index is 10.7. The first-order valence-electron chi connectivity index (χ1n) is 8.56. The van der Waals surface area contributed by atoms with Crippen LogP contribution in [0.5, 0.6) is 11.5 Å². The van der Waals surface area contributed by atoms with Gasteiger partial charge in [-0.25, -0.2) is 0 Å². The fourth-order valence-electron chi connectivity index (χ4n) is 4.32. The van der Waals surface area contributed by atoms with E-state index in [1.165, 1.54) is 25.7 Å². The minimum atomic E-state index is -0.448. The van der Waals surface area contributed by atoms with Crippen molar-refractivity contribution >= 4 is 0 Å². The summed E-state index contributed by atoms with van der Waals surface area (Å²) < 4.78 is 11.2. The van der Waals surface area contributed by atoms with Crippen molar-refractivity contribution in [2.75, 3.05) is 19.8 Å². The van der Waals surface area contributed by atoms with Crippen molar-refractivity contribution in [1.82, 2.24) is 4.90 Å². The van der Waals surface area contributed by atoms with E-state index >= 15 is 0 Å². The molecular weight excluding hydrogens is 278 g/mol. The van der Waals surface area contributed by atoms with Crippen molar-refractivity contribution in [2.45, 2.75) is 50.8 Å². The van der Waals surface area contributed by atoms with E-state index in [9.17, 15) is 5.11 Å². The maximum atomic E-state index is 10.7. The lowest BCUT2D eigenvalue weighted by atomic mass is 9.96. The van der Waals surface area contributed by atoms with E-state index in [-0.39, 0.29) is 5.92 Å². The molecule has 0 saturated carbocycles. The highest BCUT2D eigenvalue weighted by Crippen LogP contribution is 2.39. The van der Waals surface area contributed by atoms with Crippen molar-refractivity contribution in [3.8, 4) is 11.5 Å². The summed E-state index contributed by atoms with van der Waals surface area (Å²) in [5.41, 5.74) is 0.934. The van der Waals surface area contributed by atoms with Crippen LogP contribution < -0.4 is 9.47 Å². The first kappa shape index (κ1) is 14.3. The molecule has 4 rings (SSSR count). The van der Waals surface area contributed by atoms with E-state index in [4.69, 9.17) is 9.47 Å². The molecule has 3 aliphatic rings. The summed E-state index contributed by atoms with van der Waals surface area (Å²) in [4.78, 5) is 2.63. The summed E-state index contributed by atoms with van der Waals surface area (Å²) in [7, 11) is 0. The largest absolute Gasteiger partial charge is 0.486 e. The molecule has 0 amide bonds. The molecule has 1 aromatic carbocycles. The Balaban J connectivity index is 1.45. The van der Waals surface area contributed by atoms with Gasteiger partial charge in [0.1, 0.15) is 13.2 Å². The van der Waals surface area contributed by atoms with Gasteiger partial charge in [0.2, 0.25) is 0 Å². The second-order valence-electron chi connectivity index (χ2n) is 6.98. The second-order valence-corrected chi connectivity index (χ2v) is 6.98. The lowest BCUT2D eigenvalue weighted by molar-refractivity contribution is 0.0824. The van der Waals surface area contributed by atoms with Gasteiger partial charge in [-0.3, -0.25) is 4.90 Å². The van der Waals surface area contributed by atoms with Gasteiger partial charge in [0.25, 0.3) is 0 Å². The van der Waals surface area contributed by atoms with Crippen LogP contribution >= 0.6 is 0 Å². The molecule has 0 radical (unpaired) electrons. The fraction of sp³-hybridized carbons (Fsp3) is 0.667. The zero-order chi connectivity index (χ0) is 15.1. The second kappa shape index (κ2) is 5.74. The molecule has 2 fully saturated rings. The summed E-state index contributed by atoms with van der Waals surface area (Å²) in [6, 6.07) is 7.35. The quantitative estimate of drug-likeness (QED) is 0.929. The number of rotatable bonds is 4. The Morgan fingerprint density at radius 1 is 1.09 bits per heavy atom. The number of aliphatic hydroxyl groups is 1. The van der Waals surface area contributed by atoms with Crippen LogP contribution in [-0.4, -0.2) is 41.8 Å². The van der Waals surface area contributed by atoms with Crippen LogP contribution in [0.1, 0.15) is 44.3 Å². The summed E-state index contributed by atoms with van der Waals surface area (Å²) in [5.74, 6) is 1.77. The third-order valence-corrected chi connectivity index (χ3v) is 5.55. The van der Waals surface area contributed by atoms with Crippen molar-refractivity contribution in [3.05, 3.63) is 23.8 Å². The van der Waals surface area contributed by atoms with E-state index in [0.29, 0.717) is 13.2 Å². The molecule has 0 aliphatic carbocycles. The molecule has 3 aliphatic heterocycles. The van der Waals surface area contributed by atoms with Gasteiger partial charge in [-0.2, -0.15) is 0 Å². The zero-order valence-corrected chi connectivity index (χ0v) is 13.2. The molecule has 0 unspecified atom stereocenters. The van der Waals surface area contributed by atoms with Crippen LogP contribution in [0.3, 0.4) is 0 Å². The van der Waals surface area contributed by atoms with Crippen LogP contribution in [0.25, 0.3) is 0 Å². The van der Waals surface area contributed by atoms with Crippen molar-refractivity contribution in [1.29, 1.82) is 0 Å². The van der Waals surface area contributed by atoms with Gasteiger partial charge in [0.05, 0.1) is 6.10 Å². The van der Waals surface area contributed by atoms with Crippen LogP contribution in [0, 0.1) is 5.92 Å². The summed E-state index contributed by atoms with van der Waals surface area (Å²) in [6.07, 6.45) is 4.93. The predicted molar refractivity (Wildman–Crippen MR) is 84.3 cm³/mol. The Morgan fingerprint density at radius 2 is 1.73 bits per heavy atom. The molecule has 2 saturated heterocycles. The van der Waals surface area contributed by atoms with Gasteiger partial charge in [-0.05, 0) is 49.3 Å². The fourth-order valence-corrected chi connectivity index (χ4v) is 4.32. The van der Waals surface area contributed by atoms with Gasteiger partial charge in [0, 0.05) is 18.6 Å². The Kier molecular flexibility index (Phi) is 3.74. The number of hydrogen-bond donors (Lipinski definition) is 1. The molecule has 0 aromatic heterocycles. The molecule has 3 heterocycles. The number of aliphatic hydroxyl groups excluding tert-OH is 1. The van der Waals surface area contributed by atoms with Gasteiger partial charge < -0.3 is 14.6 Å². The summed E-state index contributed by atoms with van der Waals surface area (Å²) in [5, 5.41) is 10.7. The summed E-state index contributed by atoms with van der Waals surface area (Å²) in [6.45, 7) is 4.33. The Bertz CT molecular complexity index is 527. The number of fused-ring (bicyclic) bond motifs is 3. The average Bonchev–Trinajstić information content (AvgIpc) is 3.13. The lowest BCUT2D eigenvalue weighted by Crippen LogP contribution is -2.34. The first-order valence-corrected chi connectivity index (χ1v) is 8.56. The number of ether oxygens (including phenoxy) is 2. The van der Waals surface area contributed by atoms with E-state index < -0.39 is 6.10 Å². The van der Waals surface area contributed by atoms with Gasteiger partial charge in [0.15, 0.2) is 11.5 Å². The van der Waals surface area contributed by atoms with Gasteiger partial charge in [-0.15, -0.1) is 0 Å². The number of hydrogen-bond acceptors (Lipinski definition) is 4. The zero-order valence-electron chi connectivity index (χ0n) is 13.2. The molecular formula is C18H25NO3. The third kappa shape index (κ3) is 2.48. The SMILES string of the molecule is C[C@H](CN1C2CCC1CC2)[C@H](O)c1ccc2c(c1)OCCO2. The van der Waals surface area contributed by atoms with Crippen molar-refractivity contribution in [3.63, 3.8) is 0 Å². The maximum Gasteiger partial charge on any atom is 0.161 e. The normalized spacial score (nSPS) is 29.5. The third-order valence-electron chi connectivity index (χ3n) is 5.55. The standard InChI is InChI=1S/C18H25NO3/c1-12(11-19-14-3-4-15(19)6-5-14)18(20)13-2-7-16-17(10-13)22-9-8-21-16/h2,7,10,12,14-15,18,20H,3-6,8-9,11H2,1H3/t12-,14?,15?,18+/m1/s1. The van der Waals surface area contributed by atoms with Crippen molar-refractivity contribution < 1.29 is 14.6 Å². The minimum Gasteiger partial charge on any atom is -0.486 e. The number of benzene rings is 1. The van der Waals surface area contributed by atoms with E-state index in [1.54, 1.807) is 0 Å². The van der Waals surface area contributed by atoms with E-state index in [1.807, 2.05) is 18.2 Å². The average molecular weight is 303 g/mol. The van der Waals surface area contributed by atoms with E-state index in [2.05, 4.69) is 11.8 Å². The van der Waals surface area contributed by atoms with Crippen LogP contribution in [0.4, 0.5) is 0 Å². The van der Waals surface area contributed by atoms with Gasteiger partial charge in [-0.1, -0.05) is 13.0 Å². The molecule has 4 nitrogen and oxygen atoms in total. The first-order chi connectivity index (χ1) is 10.7.